The van der Waals surface area contributed by atoms with Gasteiger partial charge in [0.25, 0.3) is 0 Å². The zero-order chi connectivity index (χ0) is 9.68. The van der Waals surface area contributed by atoms with Gasteiger partial charge in [-0.3, -0.25) is 0 Å². The number of benzene rings is 1. The van der Waals surface area contributed by atoms with Gasteiger partial charge in [0.05, 0.1) is 6.61 Å². The fraction of sp³-hybridized carbons (Fsp3) is 0.400. The Hall–Kier alpha value is -0.730. The standard InChI is InChI=1S/C10H14ClNO/c1-2-13-9-5-3-8(4-6-9)10(12)7-11/h3-6,10H,2,7,12H2,1H3. The maximum atomic E-state index is 5.75. The van der Waals surface area contributed by atoms with Crippen molar-refractivity contribution in [2.24, 2.45) is 5.73 Å². The molecule has 0 fully saturated rings. The monoisotopic (exact) mass is 199 g/mol. The van der Waals surface area contributed by atoms with E-state index in [9.17, 15) is 0 Å². The van der Waals surface area contributed by atoms with Crippen molar-refractivity contribution in [2.75, 3.05) is 12.5 Å². The lowest BCUT2D eigenvalue weighted by atomic mass is 10.1. The molecule has 0 bridgehead atoms. The smallest absolute Gasteiger partial charge is 0.119 e. The van der Waals surface area contributed by atoms with Crippen LogP contribution in [0.25, 0.3) is 0 Å². The molecule has 0 aliphatic heterocycles. The van der Waals surface area contributed by atoms with E-state index >= 15 is 0 Å². The molecule has 0 aliphatic rings. The number of hydrogen-bond acceptors (Lipinski definition) is 2. The topological polar surface area (TPSA) is 35.2 Å². The molecule has 3 heteroatoms. The number of halogens is 1. The lowest BCUT2D eigenvalue weighted by Crippen LogP contribution is -2.11. The first-order valence-electron chi connectivity index (χ1n) is 4.32. The van der Waals surface area contributed by atoms with Gasteiger partial charge in [0.1, 0.15) is 5.75 Å². The molecule has 0 saturated carbocycles. The molecule has 13 heavy (non-hydrogen) atoms. The second-order valence-corrected chi connectivity index (χ2v) is 3.07. The van der Waals surface area contributed by atoms with E-state index in [1.165, 1.54) is 0 Å². The van der Waals surface area contributed by atoms with Crippen molar-refractivity contribution in [1.82, 2.24) is 0 Å². The summed E-state index contributed by atoms with van der Waals surface area (Å²) in [5.74, 6) is 1.31. The zero-order valence-corrected chi connectivity index (χ0v) is 8.42. The summed E-state index contributed by atoms with van der Waals surface area (Å²) in [4.78, 5) is 0. The van der Waals surface area contributed by atoms with E-state index in [-0.39, 0.29) is 6.04 Å². The highest BCUT2D eigenvalue weighted by Crippen LogP contribution is 2.16. The van der Waals surface area contributed by atoms with Crippen molar-refractivity contribution in [3.05, 3.63) is 29.8 Å². The third kappa shape index (κ3) is 2.90. The second kappa shape index (κ2) is 5.10. The van der Waals surface area contributed by atoms with Crippen LogP contribution in [0.5, 0.6) is 5.75 Å². The Balaban J connectivity index is 2.69. The number of hydrogen-bond donors (Lipinski definition) is 1. The van der Waals surface area contributed by atoms with Gasteiger partial charge in [0.15, 0.2) is 0 Å². The van der Waals surface area contributed by atoms with Crippen molar-refractivity contribution in [1.29, 1.82) is 0 Å². The van der Waals surface area contributed by atoms with Crippen LogP contribution >= 0.6 is 11.6 Å². The molecule has 1 atom stereocenters. The lowest BCUT2D eigenvalue weighted by molar-refractivity contribution is 0.340. The van der Waals surface area contributed by atoms with Gasteiger partial charge in [-0.25, -0.2) is 0 Å². The molecular formula is C10H14ClNO. The molecule has 72 valence electrons. The predicted molar refractivity (Wildman–Crippen MR) is 55.3 cm³/mol. The Bertz CT molecular complexity index is 248. The fourth-order valence-corrected chi connectivity index (χ4v) is 1.25. The molecule has 0 aliphatic carbocycles. The molecule has 0 amide bonds. The Kier molecular flexibility index (Phi) is 4.06. The van der Waals surface area contributed by atoms with Crippen LogP contribution < -0.4 is 10.5 Å². The number of alkyl halides is 1. The summed E-state index contributed by atoms with van der Waals surface area (Å²) in [6.07, 6.45) is 0. The summed E-state index contributed by atoms with van der Waals surface area (Å²) in [7, 11) is 0. The maximum Gasteiger partial charge on any atom is 0.119 e. The quantitative estimate of drug-likeness (QED) is 0.756. The summed E-state index contributed by atoms with van der Waals surface area (Å²) in [5, 5.41) is 0. The van der Waals surface area contributed by atoms with Gasteiger partial charge in [0.2, 0.25) is 0 Å². The van der Waals surface area contributed by atoms with E-state index in [4.69, 9.17) is 22.1 Å². The molecule has 0 heterocycles. The van der Waals surface area contributed by atoms with Crippen LogP contribution in [0, 0.1) is 0 Å². The van der Waals surface area contributed by atoms with Gasteiger partial charge in [-0.15, -0.1) is 11.6 Å². The molecule has 2 N–H and O–H groups in total. The molecule has 0 saturated heterocycles. The van der Waals surface area contributed by atoms with Crippen molar-refractivity contribution in [2.45, 2.75) is 13.0 Å². The van der Waals surface area contributed by atoms with Crippen molar-refractivity contribution in [3.8, 4) is 5.75 Å². The van der Waals surface area contributed by atoms with Crippen LogP contribution in [0.15, 0.2) is 24.3 Å². The van der Waals surface area contributed by atoms with E-state index in [1.54, 1.807) is 0 Å². The van der Waals surface area contributed by atoms with Crippen LogP contribution in [-0.4, -0.2) is 12.5 Å². The minimum atomic E-state index is -0.0858. The summed E-state index contributed by atoms with van der Waals surface area (Å²) in [5.41, 5.74) is 6.79. The van der Waals surface area contributed by atoms with Gasteiger partial charge < -0.3 is 10.5 Å². The van der Waals surface area contributed by atoms with Crippen LogP contribution in [0.4, 0.5) is 0 Å². The molecule has 1 rings (SSSR count). The van der Waals surface area contributed by atoms with Gasteiger partial charge in [-0.05, 0) is 24.6 Å². The predicted octanol–water partition coefficient (Wildman–Crippen LogP) is 2.32. The molecule has 0 aromatic heterocycles. The van der Waals surface area contributed by atoms with E-state index in [0.717, 1.165) is 11.3 Å². The molecule has 2 nitrogen and oxygen atoms in total. The van der Waals surface area contributed by atoms with Crippen LogP contribution in [-0.2, 0) is 0 Å². The van der Waals surface area contributed by atoms with Gasteiger partial charge in [0, 0.05) is 11.9 Å². The summed E-state index contributed by atoms with van der Waals surface area (Å²) >= 11 is 5.63. The van der Waals surface area contributed by atoms with Crippen LogP contribution in [0.3, 0.4) is 0 Å². The Morgan fingerprint density at radius 1 is 1.38 bits per heavy atom. The number of nitrogens with two attached hydrogens (primary N) is 1. The molecule has 0 spiro atoms. The Labute approximate surface area is 83.6 Å². The molecule has 1 aromatic rings. The number of ether oxygens (including phenoxy) is 1. The van der Waals surface area contributed by atoms with E-state index in [1.807, 2.05) is 31.2 Å². The average molecular weight is 200 g/mol. The second-order valence-electron chi connectivity index (χ2n) is 2.76. The highest BCUT2D eigenvalue weighted by atomic mass is 35.5. The summed E-state index contributed by atoms with van der Waals surface area (Å²) < 4.78 is 5.30. The Morgan fingerprint density at radius 2 is 2.00 bits per heavy atom. The normalized spacial score (nSPS) is 12.5. The summed E-state index contributed by atoms with van der Waals surface area (Å²) in [6.45, 7) is 2.64. The van der Waals surface area contributed by atoms with Gasteiger partial charge in [-0.1, -0.05) is 12.1 Å². The minimum absolute atomic E-state index is 0.0858. The fourth-order valence-electron chi connectivity index (χ4n) is 1.07. The Morgan fingerprint density at radius 3 is 2.46 bits per heavy atom. The van der Waals surface area contributed by atoms with Crippen LogP contribution in [0.2, 0.25) is 0 Å². The first-order valence-corrected chi connectivity index (χ1v) is 4.85. The zero-order valence-electron chi connectivity index (χ0n) is 7.66. The molecule has 1 aromatic carbocycles. The highest BCUT2D eigenvalue weighted by molar-refractivity contribution is 6.18. The first-order chi connectivity index (χ1) is 6.27. The summed E-state index contributed by atoms with van der Waals surface area (Å²) in [6, 6.07) is 7.62. The first kappa shape index (κ1) is 10.4. The molecular weight excluding hydrogens is 186 g/mol. The average Bonchev–Trinajstić information content (AvgIpc) is 2.18. The largest absolute Gasteiger partial charge is 0.494 e. The SMILES string of the molecule is CCOc1ccc(C(N)CCl)cc1. The third-order valence-corrected chi connectivity index (χ3v) is 2.12. The number of rotatable bonds is 4. The third-order valence-electron chi connectivity index (χ3n) is 1.79. The van der Waals surface area contributed by atoms with Gasteiger partial charge in [-0.2, -0.15) is 0 Å². The van der Waals surface area contributed by atoms with Crippen LogP contribution in [0.1, 0.15) is 18.5 Å². The van der Waals surface area contributed by atoms with E-state index in [2.05, 4.69) is 0 Å². The van der Waals surface area contributed by atoms with Crippen molar-refractivity contribution < 1.29 is 4.74 Å². The maximum absolute atomic E-state index is 5.75. The lowest BCUT2D eigenvalue weighted by Gasteiger charge is -2.08. The van der Waals surface area contributed by atoms with E-state index in [0.29, 0.717) is 12.5 Å². The highest BCUT2D eigenvalue weighted by Gasteiger charge is 2.03. The van der Waals surface area contributed by atoms with Crippen molar-refractivity contribution in [3.63, 3.8) is 0 Å². The van der Waals surface area contributed by atoms with E-state index < -0.39 is 0 Å². The molecule has 1 unspecified atom stereocenters. The molecule has 0 radical (unpaired) electrons. The van der Waals surface area contributed by atoms with Crippen molar-refractivity contribution >= 4 is 11.6 Å². The van der Waals surface area contributed by atoms with Gasteiger partial charge >= 0.3 is 0 Å². The minimum Gasteiger partial charge on any atom is -0.494 e.